The molecule has 294 valence electrons. The highest BCUT2D eigenvalue weighted by atomic mass is 28.3. The molecule has 5 atom stereocenters. The van der Waals surface area contributed by atoms with Gasteiger partial charge in [0.1, 0.15) is 29.3 Å². The van der Waals surface area contributed by atoms with Crippen molar-refractivity contribution in [2.75, 3.05) is 27.1 Å². The summed E-state index contributed by atoms with van der Waals surface area (Å²) < 4.78 is 42.0. The van der Waals surface area contributed by atoms with E-state index in [2.05, 4.69) is 39.3 Å². The standard InChI is InChI=1S/C41H62O10Si2/c1-29(30(2)42)20-21-34(49-39(43)31-16-13-12-14-17-31)38-35(50-41(3,4)51-38)19-15-18-32-26-33(46-22-24-52(6,7)8)27-36(48-28-45-5)37(32)40(44)47-23-25-53(9,10)11/h12-18,20-21,26-27,29-30,34-35,38,42H,19,22-25,28H2,1-11H3/b18-15+,21-20-/t29-,30+,34?,35+,38-/m1/s1. The first-order valence-corrected chi connectivity index (χ1v) is 25.9. The lowest BCUT2D eigenvalue weighted by molar-refractivity contribution is -0.152. The number of aliphatic hydroxyl groups excluding tert-OH is 1. The van der Waals surface area contributed by atoms with E-state index in [0.29, 0.717) is 42.3 Å². The molecule has 10 nitrogen and oxygen atoms in total. The number of methoxy groups -OCH3 is 1. The lowest BCUT2D eigenvalue weighted by atomic mass is 9.99. The first kappa shape index (κ1) is 44.1. The SMILES string of the molecule is COCOc1cc(OCC[Si](C)(C)C)cc(/C=C/C[C@@H]2OC(C)(C)O[C@@H]2C(/C=C\[C@@H](C)[C@H](C)O)OC(=O)c2ccccc2)c1C(=O)OCC[Si](C)(C)C. The van der Waals surface area contributed by atoms with Gasteiger partial charge in [0.25, 0.3) is 0 Å². The molecule has 1 aliphatic rings. The van der Waals surface area contributed by atoms with Crippen LogP contribution in [-0.4, -0.2) is 90.5 Å². The second-order valence-electron chi connectivity index (χ2n) is 16.5. The van der Waals surface area contributed by atoms with E-state index in [1.807, 2.05) is 51.1 Å². The highest BCUT2D eigenvalue weighted by molar-refractivity contribution is 6.76. The van der Waals surface area contributed by atoms with E-state index in [9.17, 15) is 14.7 Å². The van der Waals surface area contributed by atoms with Gasteiger partial charge in [0, 0.05) is 29.3 Å². The number of carbonyl (C=O) groups excluding carboxylic acids is 2. The molecular formula is C41H62O10Si2. The summed E-state index contributed by atoms with van der Waals surface area (Å²) in [7, 11) is -1.30. The van der Waals surface area contributed by atoms with Crippen molar-refractivity contribution in [2.24, 2.45) is 5.92 Å². The number of aliphatic hydroxyl groups is 1. The second-order valence-corrected chi connectivity index (χ2v) is 27.8. The van der Waals surface area contributed by atoms with Crippen molar-refractivity contribution >= 4 is 34.2 Å². The van der Waals surface area contributed by atoms with Gasteiger partial charge in [0.15, 0.2) is 12.6 Å². The summed E-state index contributed by atoms with van der Waals surface area (Å²) in [6.07, 6.45) is 5.05. The number of ether oxygens (including phenoxy) is 7. The van der Waals surface area contributed by atoms with Crippen molar-refractivity contribution in [3.8, 4) is 11.5 Å². The first-order chi connectivity index (χ1) is 24.8. The van der Waals surface area contributed by atoms with Crippen LogP contribution in [0.15, 0.2) is 60.7 Å². The predicted molar refractivity (Wildman–Crippen MR) is 214 cm³/mol. The van der Waals surface area contributed by atoms with E-state index in [1.54, 1.807) is 43.3 Å². The molecule has 1 fully saturated rings. The maximum Gasteiger partial charge on any atom is 0.342 e. The molecule has 0 amide bonds. The van der Waals surface area contributed by atoms with E-state index >= 15 is 0 Å². The quantitative estimate of drug-likeness (QED) is 0.0607. The van der Waals surface area contributed by atoms with Gasteiger partial charge in [-0.1, -0.05) is 82.6 Å². The predicted octanol–water partition coefficient (Wildman–Crippen LogP) is 8.60. The summed E-state index contributed by atoms with van der Waals surface area (Å²) in [4.78, 5) is 27.0. The third kappa shape index (κ3) is 15.2. The number of hydrogen-bond donors (Lipinski definition) is 1. The average molecular weight is 771 g/mol. The van der Waals surface area contributed by atoms with E-state index < -0.39 is 58.3 Å². The number of rotatable bonds is 20. The van der Waals surface area contributed by atoms with Crippen LogP contribution in [0.25, 0.3) is 6.08 Å². The van der Waals surface area contributed by atoms with Crippen LogP contribution in [0.3, 0.4) is 0 Å². The zero-order valence-electron chi connectivity index (χ0n) is 33.6. The monoisotopic (exact) mass is 770 g/mol. The van der Waals surface area contributed by atoms with Gasteiger partial charge >= 0.3 is 11.9 Å². The Morgan fingerprint density at radius 1 is 0.906 bits per heavy atom. The Hall–Kier alpha value is -3.27. The third-order valence-electron chi connectivity index (χ3n) is 8.68. The van der Waals surface area contributed by atoms with Gasteiger partial charge in [-0.05, 0) is 75.0 Å². The topological polar surface area (TPSA) is 119 Å². The van der Waals surface area contributed by atoms with Crippen LogP contribution in [0.1, 0.15) is 60.4 Å². The fourth-order valence-corrected chi connectivity index (χ4v) is 6.79. The maximum atomic E-state index is 13.7. The molecule has 2 aromatic carbocycles. The van der Waals surface area contributed by atoms with Gasteiger partial charge in [0.05, 0.1) is 31.0 Å². The molecule has 53 heavy (non-hydrogen) atoms. The molecule has 1 unspecified atom stereocenters. The van der Waals surface area contributed by atoms with Gasteiger partial charge in [-0.15, -0.1) is 0 Å². The third-order valence-corrected chi connectivity index (χ3v) is 12.1. The molecular weight excluding hydrogens is 709 g/mol. The van der Waals surface area contributed by atoms with Crippen LogP contribution in [0, 0.1) is 5.92 Å². The number of esters is 2. The summed E-state index contributed by atoms with van der Waals surface area (Å²) in [5.41, 5.74) is 1.25. The molecule has 0 saturated carbocycles. The van der Waals surface area contributed by atoms with Gasteiger partial charge in [-0.3, -0.25) is 0 Å². The van der Waals surface area contributed by atoms with Crippen molar-refractivity contribution in [3.63, 3.8) is 0 Å². The summed E-state index contributed by atoms with van der Waals surface area (Å²) in [6.45, 7) is 21.6. The molecule has 1 heterocycles. The number of carbonyl (C=O) groups is 2. The zero-order valence-corrected chi connectivity index (χ0v) is 35.6. The number of hydrogen-bond acceptors (Lipinski definition) is 10. The van der Waals surface area contributed by atoms with E-state index in [4.69, 9.17) is 33.2 Å². The Bertz CT molecular complexity index is 1530. The van der Waals surface area contributed by atoms with Gasteiger partial charge in [-0.25, -0.2) is 9.59 Å². The maximum absolute atomic E-state index is 13.7. The minimum absolute atomic E-state index is 0.0645. The lowest BCUT2D eigenvalue weighted by Gasteiger charge is -2.25. The van der Waals surface area contributed by atoms with Crippen molar-refractivity contribution in [1.29, 1.82) is 0 Å². The normalized spacial score (nSPS) is 19.2. The molecule has 2 aromatic rings. The van der Waals surface area contributed by atoms with Gasteiger partial charge in [-0.2, -0.15) is 0 Å². The Morgan fingerprint density at radius 3 is 2.19 bits per heavy atom. The summed E-state index contributed by atoms with van der Waals surface area (Å²) >= 11 is 0. The van der Waals surface area contributed by atoms with Crippen molar-refractivity contribution < 1.29 is 47.9 Å². The van der Waals surface area contributed by atoms with E-state index in [-0.39, 0.29) is 18.3 Å². The minimum atomic E-state index is -1.46. The molecule has 0 aliphatic carbocycles. The lowest BCUT2D eigenvalue weighted by Crippen LogP contribution is -2.37. The largest absolute Gasteiger partial charge is 0.494 e. The summed E-state index contributed by atoms with van der Waals surface area (Å²) in [6, 6.07) is 14.1. The van der Waals surface area contributed by atoms with Crippen LogP contribution < -0.4 is 9.47 Å². The molecule has 1 N–H and O–H groups in total. The molecule has 0 aromatic heterocycles. The zero-order chi connectivity index (χ0) is 39.4. The smallest absolute Gasteiger partial charge is 0.342 e. The van der Waals surface area contributed by atoms with Crippen molar-refractivity contribution in [1.82, 2.24) is 0 Å². The van der Waals surface area contributed by atoms with E-state index in [0.717, 1.165) is 12.1 Å². The molecule has 12 heteroatoms. The van der Waals surface area contributed by atoms with Crippen molar-refractivity contribution in [3.05, 3.63) is 77.4 Å². The Kier molecular flexibility index (Phi) is 16.6. The molecule has 0 spiro atoms. The van der Waals surface area contributed by atoms with Crippen LogP contribution in [0.2, 0.25) is 51.4 Å². The van der Waals surface area contributed by atoms with Crippen LogP contribution in [0.5, 0.6) is 11.5 Å². The molecule has 0 bridgehead atoms. The highest BCUT2D eigenvalue weighted by Gasteiger charge is 2.45. The molecule has 0 radical (unpaired) electrons. The second kappa shape index (κ2) is 19.9. The Morgan fingerprint density at radius 2 is 1.57 bits per heavy atom. The Balaban J connectivity index is 1.99. The number of benzene rings is 2. The van der Waals surface area contributed by atoms with Gasteiger partial charge < -0.3 is 38.3 Å². The highest BCUT2D eigenvalue weighted by Crippen LogP contribution is 2.35. The molecule has 1 aliphatic heterocycles. The van der Waals surface area contributed by atoms with Gasteiger partial charge in [0.2, 0.25) is 0 Å². The van der Waals surface area contributed by atoms with Crippen molar-refractivity contribution in [2.45, 2.75) is 116 Å². The minimum Gasteiger partial charge on any atom is -0.494 e. The van der Waals surface area contributed by atoms with Crippen LogP contribution in [0.4, 0.5) is 0 Å². The summed E-state index contributed by atoms with van der Waals surface area (Å²) in [5, 5.41) is 10.2. The summed E-state index contributed by atoms with van der Waals surface area (Å²) in [5.74, 6) is -1.29. The molecule has 1 saturated heterocycles. The molecule has 3 rings (SSSR count). The average Bonchev–Trinajstić information content (AvgIpc) is 3.37. The first-order valence-electron chi connectivity index (χ1n) is 18.5. The van der Waals surface area contributed by atoms with E-state index in [1.165, 1.54) is 7.11 Å². The van der Waals surface area contributed by atoms with Crippen LogP contribution in [-0.2, 0) is 23.7 Å². The van der Waals surface area contributed by atoms with Crippen LogP contribution >= 0.6 is 0 Å². The fraction of sp³-hybridized carbons (Fsp3) is 0.561. The Labute approximate surface area is 318 Å². The fourth-order valence-electron chi connectivity index (χ4n) is 5.36.